The van der Waals surface area contributed by atoms with Crippen LogP contribution in [0.1, 0.15) is 66.2 Å². The van der Waals surface area contributed by atoms with Gasteiger partial charge in [0.25, 0.3) is 0 Å². The molecule has 0 aliphatic rings. The van der Waals surface area contributed by atoms with Crippen molar-refractivity contribution in [2.24, 2.45) is 5.92 Å². The van der Waals surface area contributed by atoms with E-state index < -0.39 is 29.7 Å². The molecule has 2 aromatic carbocycles. The van der Waals surface area contributed by atoms with Gasteiger partial charge in [-0.05, 0) is 42.2 Å². The van der Waals surface area contributed by atoms with Gasteiger partial charge in [0.05, 0.1) is 31.2 Å². The largest absolute Gasteiger partial charge is 0.497 e. The highest BCUT2D eigenvalue weighted by molar-refractivity contribution is 6.05. The van der Waals surface area contributed by atoms with Gasteiger partial charge in [0.15, 0.2) is 11.7 Å². The molecule has 1 unspecified atom stereocenters. The first-order valence-corrected chi connectivity index (χ1v) is 13.3. The summed E-state index contributed by atoms with van der Waals surface area (Å²) in [7, 11) is 1.58. The molecular weight excluding hydrogens is 510 g/mol. The van der Waals surface area contributed by atoms with Gasteiger partial charge in [0.1, 0.15) is 5.75 Å². The number of amides is 2. The molecule has 3 aromatic rings. The lowest BCUT2D eigenvalue weighted by Gasteiger charge is -2.26. The topological polar surface area (TPSA) is 141 Å². The molecule has 2 amide bonds. The highest BCUT2D eigenvalue weighted by atomic mass is 16.5. The molecule has 0 aliphatic heterocycles. The van der Waals surface area contributed by atoms with Crippen molar-refractivity contribution in [3.63, 3.8) is 0 Å². The Morgan fingerprint density at radius 1 is 0.950 bits per heavy atom. The molecule has 212 valence electrons. The summed E-state index contributed by atoms with van der Waals surface area (Å²) < 4.78 is 5.15. The smallest absolute Gasteiger partial charge is 0.244 e. The lowest BCUT2D eigenvalue weighted by Crippen LogP contribution is -2.47. The van der Waals surface area contributed by atoms with Crippen LogP contribution >= 0.6 is 0 Å². The van der Waals surface area contributed by atoms with Crippen LogP contribution in [0, 0.1) is 12.8 Å². The summed E-state index contributed by atoms with van der Waals surface area (Å²) >= 11 is 0. The number of H-pyrrole nitrogens is 1. The maximum absolute atomic E-state index is 13.5. The number of aromatic hydroxyl groups is 2. The number of methoxy groups -OCH3 is 1. The molecule has 0 fully saturated rings. The minimum absolute atomic E-state index is 0.0497. The van der Waals surface area contributed by atoms with Gasteiger partial charge in [0.2, 0.25) is 17.7 Å². The van der Waals surface area contributed by atoms with Gasteiger partial charge in [-0.3, -0.25) is 19.4 Å². The zero-order chi connectivity index (χ0) is 29.2. The second kappa shape index (κ2) is 14.0. The maximum atomic E-state index is 13.5. The molecule has 1 aromatic heterocycles. The monoisotopic (exact) mass is 547 g/mol. The predicted octanol–water partition coefficient (Wildman–Crippen LogP) is 4.81. The van der Waals surface area contributed by atoms with Crippen LogP contribution in [0.5, 0.6) is 17.5 Å². The molecule has 0 saturated heterocycles. The van der Waals surface area contributed by atoms with E-state index >= 15 is 0 Å². The van der Waals surface area contributed by atoms with Crippen LogP contribution in [0.4, 0.5) is 0 Å². The minimum atomic E-state index is -0.926. The molecule has 0 saturated carbocycles. The number of aromatic nitrogens is 1. The summed E-state index contributed by atoms with van der Waals surface area (Å²) in [6.45, 7) is 5.36. The summed E-state index contributed by atoms with van der Waals surface area (Å²) in [5.74, 6) is -1.54. The number of aromatic amines is 1. The van der Waals surface area contributed by atoms with Crippen LogP contribution in [0.3, 0.4) is 0 Å². The van der Waals surface area contributed by atoms with Crippen molar-refractivity contribution in [3.05, 3.63) is 82.9 Å². The molecule has 5 N–H and O–H groups in total. The fourth-order valence-corrected chi connectivity index (χ4v) is 4.64. The number of ketones is 1. The third-order valence-corrected chi connectivity index (χ3v) is 7.02. The molecular formula is C31H37N3O6. The number of ether oxygens (including phenoxy) is 1. The first kappa shape index (κ1) is 30.0. The second-order valence-electron chi connectivity index (χ2n) is 9.59. The molecule has 0 spiro atoms. The Balaban J connectivity index is 1.79. The maximum Gasteiger partial charge on any atom is 0.244 e. The van der Waals surface area contributed by atoms with Crippen LogP contribution in [0.2, 0.25) is 0 Å². The lowest BCUT2D eigenvalue weighted by atomic mass is 9.87. The molecule has 0 aliphatic carbocycles. The normalized spacial score (nSPS) is 12.7. The standard InChI is InChI=1S/C31H37N3O6/c1-5-21(6-2)28(29(37)27-19(3)30(38)34-31(27)39)33-26(36)18-24(22-10-8-7-9-11-22)32-25(35)17-14-20-12-15-23(40-4)16-13-20/h7-17,21,24,28,34,38-39H,5-6,18H2,1-4H3,(H,32,35)(H,33,36)/t24-,28?/m0/s1. The minimum Gasteiger partial charge on any atom is -0.497 e. The molecule has 0 bridgehead atoms. The van der Waals surface area contributed by atoms with E-state index in [1.165, 1.54) is 13.0 Å². The van der Waals surface area contributed by atoms with Gasteiger partial charge in [0, 0.05) is 11.6 Å². The number of carbonyl (C=O) groups is 3. The summed E-state index contributed by atoms with van der Waals surface area (Å²) in [5.41, 5.74) is 1.71. The average Bonchev–Trinajstić information content (AvgIpc) is 3.22. The molecule has 9 heteroatoms. The van der Waals surface area contributed by atoms with Crippen molar-refractivity contribution in [3.8, 4) is 17.5 Å². The van der Waals surface area contributed by atoms with Crippen molar-refractivity contribution in [1.82, 2.24) is 15.6 Å². The lowest BCUT2D eigenvalue weighted by molar-refractivity contribution is -0.123. The highest BCUT2D eigenvalue weighted by Crippen LogP contribution is 2.31. The molecule has 3 rings (SSSR count). The van der Waals surface area contributed by atoms with Gasteiger partial charge in [-0.2, -0.15) is 0 Å². The van der Waals surface area contributed by atoms with Crippen molar-refractivity contribution < 1.29 is 29.3 Å². The number of hydrogen-bond donors (Lipinski definition) is 5. The number of hydrogen-bond acceptors (Lipinski definition) is 6. The van der Waals surface area contributed by atoms with Gasteiger partial charge < -0.3 is 25.6 Å². The van der Waals surface area contributed by atoms with E-state index in [4.69, 9.17) is 4.74 Å². The Kier molecular flexibility index (Phi) is 10.5. The highest BCUT2D eigenvalue weighted by Gasteiger charge is 2.33. The SMILES string of the molecule is CCC(CC)C(NC(=O)C[C@H](NC(=O)C=Cc1ccc(OC)cc1)c1ccccc1)C(=O)c1c(O)[nH]c(O)c1C. The van der Waals surface area contributed by atoms with Gasteiger partial charge in [-0.25, -0.2) is 0 Å². The van der Waals surface area contributed by atoms with E-state index in [2.05, 4.69) is 15.6 Å². The summed E-state index contributed by atoms with van der Waals surface area (Å²) in [5, 5.41) is 25.9. The zero-order valence-electron chi connectivity index (χ0n) is 23.2. The quantitative estimate of drug-likeness (QED) is 0.154. The Labute approximate surface area is 234 Å². The Morgan fingerprint density at radius 2 is 1.60 bits per heavy atom. The van der Waals surface area contributed by atoms with E-state index in [0.717, 1.165) is 11.1 Å². The summed E-state index contributed by atoms with van der Waals surface area (Å²) in [4.78, 5) is 42.0. The van der Waals surface area contributed by atoms with Crippen molar-refractivity contribution in [2.45, 2.75) is 52.1 Å². The first-order valence-electron chi connectivity index (χ1n) is 13.3. The van der Waals surface area contributed by atoms with Crippen LogP contribution < -0.4 is 15.4 Å². The first-order chi connectivity index (χ1) is 19.2. The predicted molar refractivity (Wildman–Crippen MR) is 153 cm³/mol. The summed E-state index contributed by atoms with van der Waals surface area (Å²) in [6, 6.07) is 14.8. The van der Waals surface area contributed by atoms with E-state index in [0.29, 0.717) is 18.6 Å². The Bertz CT molecular complexity index is 1330. The molecule has 40 heavy (non-hydrogen) atoms. The van der Waals surface area contributed by atoms with Gasteiger partial charge >= 0.3 is 0 Å². The number of carbonyl (C=O) groups excluding carboxylic acids is 3. The van der Waals surface area contributed by atoms with Gasteiger partial charge in [-0.1, -0.05) is 69.2 Å². The fourth-order valence-electron chi connectivity index (χ4n) is 4.64. The zero-order valence-corrected chi connectivity index (χ0v) is 23.2. The second-order valence-corrected chi connectivity index (χ2v) is 9.59. The fraction of sp³-hybridized carbons (Fsp3) is 0.323. The average molecular weight is 548 g/mol. The number of nitrogens with one attached hydrogen (secondary N) is 3. The van der Waals surface area contributed by atoms with E-state index in [9.17, 15) is 24.6 Å². The molecule has 2 atom stereocenters. The van der Waals surface area contributed by atoms with E-state index in [1.54, 1.807) is 25.3 Å². The van der Waals surface area contributed by atoms with Crippen molar-refractivity contribution in [2.75, 3.05) is 7.11 Å². The van der Waals surface area contributed by atoms with Crippen molar-refractivity contribution >= 4 is 23.7 Å². The molecule has 0 radical (unpaired) electrons. The van der Waals surface area contributed by atoms with Crippen LogP contribution in [-0.4, -0.2) is 45.9 Å². The van der Waals surface area contributed by atoms with E-state index in [-0.39, 0.29) is 35.3 Å². The summed E-state index contributed by atoms with van der Waals surface area (Å²) in [6.07, 6.45) is 4.17. The van der Waals surface area contributed by atoms with Crippen LogP contribution in [0.25, 0.3) is 6.08 Å². The Morgan fingerprint density at radius 3 is 2.15 bits per heavy atom. The van der Waals surface area contributed by atoms with Crippen molar-refractivity contribution in [1.29, 1.82) is 0 Å². The Hall–Kier alpha value is -4.53. The third kappa shape index (κ3) is 7.53. The number of rotatable bonds is 13. The molecule has 9 nitrogen and oxygen atoms in total. The third-order valence-electron chi connectivity index (χ3n) is 7.02. The van der Waals surface area contributed by atoms with Crippen LogP contribution in [0.15, 0.2) is 60.7 Å². The van der Waals surface area contributed by atoms with Crippen LogP contribution in [-0.2, 0) is 9.59 Å². The van der Waals surface area contributed by atoms with E-state index in [1.807, 2.05) is 56.3 Å². The molecule has 1 heterocycles. The number of benzene rings is 2. The van der Waals surface area contributed by atoms with Gasteiger partial charge in [-0.15, -0.1) is 0 Å². The number of Topliss-reactive ketones (excluding diaryl/α,β-unsaturated/α-hetero) is 1.